The molecule has 5 heteroatoms. The summed E-state index contributed by atoms with van der Waals surface area (Å²) >= 11 is 4.87. The van der Waals surface area contributed by atoms with E-state index >= 15 is 0 Å². The van der Waals surface area contributed by atoms with Gasteiger partial charge in [0.2, 0.25) is 5.91 Å². The summed E-state index contributed by atoms with van der Waals surface area (Å²) in [5.41, 5.74) is 1.96. The highest BCUT2D eigenvalue weighted by molar-refractivity contribution is 9.10. The van der Waals surface area contributed by atoms with Crippen LogP contribution in [-0.2, 0) is 11.2 Å². The second kappa shape index (κ2) is 5.63. The van der Waals surface area contributed by atoms with Crippen molar-refractivity contribution >= 4 is 38.3 Å². The normalized spacial score (nSPS) is 10.4. The zero-order chi connectivity index (χ0) is 13.1. The Bertz CT molecular complexity index is 543. The molecule has 0 saturated carbocycles. The summed E-state index contributed by atoms with van der Waals surface area (Å²) in [7, 11) is 0. The fraction of sp³-hybridized carbons (Fsp3) is 0.231. The van der Waals surface area contributed by atoms with E-state index in [0.29, 0.717) is 11.6 Å². The first kappa shape index (κ1) is 13.2. The Morgan fingerprint density at radius 3 is 2.56 bits per heavy atom. The van der Waals surface area contributed by atoms with Gasteiger partial charge in [-0.3, -0.25) is 4.79 Å². The predicted octanol–water partition coefficient (Wildman–Crippen LogP) is 3.70. The van der Waals surface area contributed by atoms with E-state index in [0.717, 1.165) is 20.6 Å². The lowest BCUT2D eigenvalue weighted by atomic mass is 10.1. The maximum Gasteiger partial charge on any atom is 0.230 e. The lowest BCUT2D eigenvalue weighted by molar-refractivity contribution is -0.115. The average Bonchev–Trinajstić information content (AvgIpc) is 2.61. The van der Waals surface area contributed by atoms with Crippen LogP contribution in [0.5, 0.6) is 0 Å². The molecule has 94 valence electrons. The van der Waals surface area contributed by atoms with Crippen molar-refractivity contribution in [1.82, 2.24) is 4.98 Å². The number of thiazole rings is 1. The third-order valence-electron chi connectivity index (χ3n) is 2.55. The SMILES string of the molecule is Cc1nc(NC(=O)Cc2ccc(Br)cc2)sc1C. The molecule has 18 heavy (non-hydrogen) atoms. The smallest absolute Gasteiger partial charge is 0.230 e. The van der Waals surface area contributed by atoms with Crippen LogP contribution >= 0.6 is 27.3 Å². The number of hydrogen-bond donors (Lipinski definition) is 1. The predicted molar refractivity (Wildman–Crippen MR) is 78.1 cm³/mol. The number of nitrogens with zero attached hydrogens (tertiary/aromatic N) is 1. The van der Waals surface area contributed by atoms with Crippen molar-refractivity contribution in [3.8, 4) is 0 Å². The first-order valence-corrected chi connectivity index (χ1v) is 7.14. The van der Waals surface area contributed by atoms with Crippen molar-refractivity contribution in [2.75, 3.05) is 5.32 Å². The molecule has 0 radical (unpaired) electrons. The van der Waals surface area contributed by atoms with Crippen molar-refractivity contribution in [3.05, 3.63) is 44.9 Å². The molecule has 0 spiro atoms. The highest BCUT2D eigenvalue weighted by Gasteiger charge is 2.08. The summed E-state index contributed by atoms with van der Waals surface area (Å²) < 4.78 is 1.01. The minimum absolute atomic E-state index is 0.0360. The number of carbonyl (C=O) groups excluding carboxylic acids is 1. The second-order valence-electron chi connectivity index (χ2n) is 4.01. The quantitative estimate of drug-likeness (QED) is 0.935. The fourth-order valence-electron chi connectivity index (χ4n) is 1.48. The number of hydrogen-bond acceptors (Lipinski definition) is 3. The standard InChI is InChI=1S/C13H13BrN2OS/c1-8-9(2)18-13(15-8)16-12(17)7-10-3-5-11(14)6-4-10/h3-6H,7H2,1-2H3,(H,15,16,17). The van der Waals surface area contributed by atoms with Crippen molar-refractivity contribution < 1.29 is 4.79 Å². The van der Waals surface area contributed by atoms with E-state index in [1.54, 1.807) is 0 Å². The van der Waals surface area contributed by atoms with E-state index in [1.807, 2.05) is 38.1 Å². The molecule has 2 rings (SSSR count). The first-order chi connectivity index (χ1) is 8.54. The van der Waals surface area contributed by atoms with Gasteiger partial charge in [-0.1, -0.05) is 28.1 Å². The van der Waals surface area contributed by atoms with E-state index in [9.17, 15) is 4.79 Å². The summed E-state index contributed by atoms with van der Waals surface area (Å²) in [5.74, 6) is -0.0360. The lowest BCUT2D eigenvalue weighted by Crippen LogP contribution is -2.14. The van der Waals surface area contributed by atoms with Gasteiger partial charge in [-0.25, -0.2) is 4.98 Å². The van der Waals surface area contributed by atoms with Crippen molar-refractivity contribution in [2.45, 2.75) is 20.3 Å². The molecule has 0 fully saturated rings. The van der Waals surface area contributed by atoms with Gasteiger partial charge in [0.05, 0.1) is 12.1 Å². The van der Waals surface area contributed by atoms with E-state index in [2.05, 4.69) is 26.2 Å². The Kier molecular flexibility index (Phi) is 4.14. The topological polar surface area (TPSA) is 42.0 Å². The molecule has 0 bridgehead atoms. The van der Waals surface area contributed by atoms with Crippen LogP contribution < -0.4 is 5.32 Å². The van der Waals surface area contributed by atoms with Gasteiger partial charge in [-0.2, -0.15) is 0 Å². The van der Waals surface area contributed by atoms with Crippen LogP contribution in [0.2, 0.25) is 0 Å². The molecule has 0 aliphatic carbocycles. The molecule has 1 N–H and O–H groups in total. The minimum atomic E-state index is -0.0360. The second-order valence-corrected chi connectivity index (χ2v) is 6.13. The summed E-state index contributed by atoms with van der Waals surface area (Å²) in [6.45, 7) is 3.94. The average molecular weight is 325 g/mol. The Hall–Kier alpha value is -1.20. The van der Waals surface area contributed by atoms with E-state index in [1.165, 1.54) is 11.3 Å². The fourth-order valence-corrected chi connectivity index (χ4v) is 2.57. The van der Waals surface area contributed by atoms with Gasteiger partial charge < -0.3 is 5.32 Å². The van der Waals surface area contributed by atoms with Gasteiger partial charge in [0.15, 0.2) is 5.13 Å². The highest BCUT2D eigenvalue weighted by atomic mass is 79.9. The monoisotopic (exact) mass is 324 g/mol. The maximum absolute atomic E-state index is 11.8. The number of carbonyl (C=O) groups is 1. The summed E-state index contributed by atoms with van der Waals surface area (Å²) in [6, 6.07) is 7.73. The highest BCUT2D eigenvalue weighted by Crippen LogP contribution is 2.21. The molecule has 1 heterocycles. The Morgan fingerprint density at radius 1 is 1.33 bits per heavy atom. The van der Waals surface area contributed by atoms with Gasteiger partial charge in [0.1, 0.15) is 0 Å². The molecule has 0 atom stereocenters. The molecule has 1 aromatic carbocycles. The minimum Gasteiger partial charge on any atom is -0.302 e. The van der Waals surface area contributed by atoms with Crippen molar-refractivity contribution in [2.24, 2.45) is 0 Å². The molecule has 0 aliphatic heterocycles. The number of aryl methyl sites for hydroxylation is 2. The molecule has 0 unspecified atom stereocenters. The number of benzene rings is 1. The molecule has 0 saturated heterocycles. The zero-order valence-corrected chi connectivity index (χ0v) is 12.6. The van der Waals surface area contributed by atoms with Crippen LogP contribution in [0.3, 0.4) is 0 Å². The van der Waals surface area contributed by atoms with Crippen LogP contribution in [0.4, 0.5) is 5.13 Å². The largest absolute Gasteiger partial charge is 0.302 e. The lowest BCUT2D eigenvalue weighted by Gasteiger charge is -2.02. The molecular weight excluding hydrogens is 312 g/mol. The summed E-state index contributed by atoms with van der Waals surface area (Å²) in [5, 5.41) is 3.50. The van der Waals surface area contributed by atoms with Crippen LogP contribution in [0.15, 0.2) is 28.7 Å². The van der Waals surface area contributed by atoms with Crippen molar-refractivity contribution in [3.63, 3.8) is 0 Å². The van der Waals surface area contributed by atoms with Gasteiger partial charge in [0, 0.05) is 9.35 Å². The molecule has 1 aromatic heterocycles. The van der Waals surface area contributed by atoms with E-state index in [-0.39, 0.29) is 5.91 Å². The molecular formula is C13H13BrN2OS. The maximum atomic E-state index is 11.8. The Morgan fingerprint density at radius 2 is 2.00 bits per heavy atom. The number of amides is 1. The van der Waals surface area contributed by atoms with Gasteiger partial charge in [0.25, 0.3) is 0 Å². The first-order valence-electron chi connectivity index (χ1n) is 5.53. The van der Waals surface area contributed by atoms with Crippen LogP contribution in [0, 0.1) is 13.8 Å². The number of nitrogens with one attached hydrogen (secondary N) is 1. The number of anilines is 1. The van der Waals surface area contributed by atoms with Gasteiger partial charge in [-0.15, -0.1) is 11.3 Å². The van der Waals surface area contributed by atoms with Gasteiger partial charge in [-0.05, 0) is 31.5 Å². The number of aromatic nitrogens is 1. The number of halogens is 1. The molecule has 3 nitrogen and oxygen atoms in total. The molecule has 2 aromatic rings. The third-order valence-corrected chi connectivity index (χ3v) is 4.07. The Balaban J connectivity index is 1.98. The summed E-state index contributed by atoms with van der Waals surface area (Å²) in [6.07, 6.45) is 0.366. The van der Waals surface area contributed by atoms with Gasteiger partial charge >= 0.3 is 0 Å². The molecule has 0 aliphatic rings. The Labute approximate surface area is 118 Å². The van der Waals surface area contributed by atoms with Crippen LogP contribution in [0.25, 0.3) is 0 Å². The van der Waals surface area contributed by atoms with E-state index < -0.39 is 0 Å². The number of rotatable bonds is 3. The van der Waals surface area contributed by atoms with Crippen molar-refractivity contribution in [1.29, 1.82) is 0 Å². The third kappa shape index (κ3) is 3.40. The van der Waals surface area contributed by atoms with Crippen LogP contribution in [-0.4, -0.2) is 10.9 Å². The zero-order valence-electron chi connectivity index (χ0n) is 10.2. The van der Waals surface area contributed by atoms with Crippen LogP contribution in [0.1, 0.15) is 16.1 Å². The van der Waals surface area contributed by atoms with E-state index in [4.69, 9.17) is 0 Å². The summed E-state index contributed by atoms with van der Waals surface area (Å²) in [4.78, 5) is 17.2. The molecule has 1 amide bonds.